The van der Waals surface area contributed by atoms with Gasteiger partial charge in [-0.25, -0.2) is 4.98 Å². The average molecular weight is 237 g/mol. The van der Waals surface area contributed by atoms with Gasteiger partial charge in [0.1, 0.15) is 5.82 Å². The van der Waals surface area contributed by atoms with Crippen LogP contribution in [-0.2, 0) is 0 Å². The fraction of sp³-hybridized carbons (Fsp3) is 0.727. The Hall–Kier alpha value is -1.43. The molecule has 1 aliphatic rings. The number of hydrogen-bond donors (Lipinski definition) is 2. The largest absolute Gasteiger partial charge is 0.333 e. The van der Waals surface area contributed by atoms with Crippen molar-refractivity contribution < 1.29 is 4.79 Å². The molecule has 6 nitrogen and oxygen atoms in total. The van der Waals surface area contributed by atoms with Gasteiger partial charge in [-0.05, 0) is 39.8 Å². The molecule has 2 N–H and O–H groups in total. The summed E-state index contributed by atoms with van der Waals surface area (Å²) < 4.78 is 0. The molecule has 1 aliphatic heterocycles. The van der Waals surface area contributed by atoms with E-state index in [4.69, 9.17) is 0 Å². The summed E-state index contributed by atoms with van der Waals surface area (Å²) in [5.41, 5.74) is 0. The molecule has 0 unspecified atom stereocenters. The Morgan fingerprint density at radius 1 is 1.47 bits per heavy atom. The van der Waals surface area contributed by atoms with Crippen LogP contribution in [0.4, 0.5) is 0 Å². The van der Waals surface area contributed by atoms with Gasteiger partial charge in [-0.2, -0.15) is 0 Å². The van der Waals surface area contributed by atoms with Crippen molar-refractivity contribution in [3.63, 3.8) is 0 Å². The Kier molecular flexibility index (Phi) is 3.73. The fourth-order valence-corrected chi connectivity index (χ4v) is 2.25. The minimum atomic E-state index is -0.0660. The molecule has 0 atom stereocenters. The zero-order chi connectivity index (χ0) is 12.3. The number of nitrogens with zero attached hydrogens (tertiary/aromatic N) is 3. The smallest absolute Gasteiger partial charge is 0.293 e. The van der Waals surface area contributed by atoms with Gasteiger partial charge in [0.25, 0.3) is 5.91 Å². The van der Waals surface area contributed by atoms with Crippen LogP contribution in [-0.4, -0.2) is 51.7 Å². The highest BCUT2D eigenvalue weighted by Gasteiger charge is 2.26. The number of aryl methyl sites for hydroxylation is 1. The van der Waals surface area contributed by atoms with E-state index in [1.54, 1.807) is 6.92 Å². The molecule has 0 bridgehead atoms. The van der Waals surface area contributed by atoms with Crippen molar-refractivity contribution in [2.24, 2.45) is 0 Å². The average Bonchev–Trinajstić information content (AvgIpc) is 2.78. The second-order valence-corrected chi connectivity index (χ2v) is 4.32. The van der Waals surface area contributed by atoms with Gasteiger partial charge in [-0.3, -0.25) is 9.89 Å². The lowest BCUT2D eigenvalue weighted by atomic mass is 10.0. The summed E-state index contributed by atoms with van der Waals surface area (Å²) in [5.74, 6) is 0.890. The summed E-state index contributed by atoms with van der Waals surface area (Å²) in [7, 11) is 0. The lowest BCUT2D eigenvalue weighted by molar-refractivity contribution is 0.0644. The van der Waals surface area contributed by atoms with E-state index >= 15 is 0 Å². The first kappa shape index (κ1) is 12.0. The predicted molar refractivity (Wildman–Crippen MR) is 63.7 cm³/mol. The third-order valence-electron chi connectivity index (χ3n) is 3.14. The summed E-state index contributed by atoms with van der Waals surface area (Å²) in [5, 5.41) is 9.95. The molecule has 1 fully saturated rings. The van der Waals surface area contributed by atoms with Gasteiger partial charge in [-0.1, -0.05) is 0 Å². The van der Waals surface area contributed by atoms with E-state index < -0.39 is 0 Å². The van der Waals surface area contributed by atoms with E-state index in [1.807, 2.05) is 11.8 Å². The van der Waals surface area contributed by atoms with Crippen molar-refractivity contribution >= 4 is 5.91 Å². The van der Waals surface area contributed by atoms with Gasteiger partial charge in [0.15, 0.2) is 0 Å². The lowest BCUT2D eigenvalue weighted by Crippen LogP contribution is -2.46. The van der Waals surface area contributed by atoms with Crippen molar-refractivity contribution in [3.8, 4) is 0 Å². The minimum Gasteiger partial charge on any atom is -0.333 e. The summed E-state index contributed by atoms with van der Waals surface area (Å²) in [6.45, 7) is 6.45. The summed E-state index contributed by atoms with van der Waals surface area (Å²) in [6, 6.07) is 0.313. The van der Waals surface area contributed by atoms with E-state index in [0.717, 1.165) is 25.9 Å². The van der Waals surface area contributed by atoms with Crippen molar-refractivity contribution in [2.75, 3.05) is 19.6 Å². The molecule has 0 aliphatic carbocycles. The maximum atomic E-state index is 12.2. The highest BCUT2D eigenvalue weighted by atomic mass is 16.2. The first-order valence-corrected chi connectivity index (χ1v) is 6.13. The maximum Gasteiger partial charge on any atom is 0.293 e. The normalized spacial score (nSPS) is 17.1. The van der Waals surface area contributed by atoms with Crippen LogP contribution in [0.2, 0.25) is 0 Å². The second kappa shape index (κ2) is 5.27. The van der Waals surface area contributed by atoms with Gasteiger partial charge in [-0.15, -0.1) is 5.10 Å². The summed E-state index contributed by atoms with van der Waals surface area (Å²) in [4.78, 5) is 18.2. The van der Waals surface area contributed by atoms with Crippen LogP contribution in [0.3, 0.4) is 0 Å². The van der Waals surface area contributed by atoms with Crippen LogP contribution >= 0.6 is 0 Å². The van der Waals surface area contributed by atoms with Crippen LogP contribution < -0.4 is 5.32 Å². The second-order valence-electron chi connectivity index (χ2n) is 4.32. The Labute approximate surface area is 101 Å². The van der Waals surface area contributed by atoms with Crippen molar-refractivity contribution in [2.45, 2.75) is 32.7 Å². The molecule has 17 heavy (non-hydrogen) atoms. The van der Waals surface area contributed by atoms with Crippen LogP contribution in [0.1, 0.15) is 36.2 Å². The zero-order valence-electron chi connectivity index (χ0n) is 10.4. The summed E-state index contributed by atoms with van der Waals surface area (Å²) in [6.07, 6.45) is 2.01. The van der Waals surface area contributed by atoms with Crippen LogP contribution in [0.15, 0.2) is 0 Å². The number of amides is 1. The molecule has 2 rings (SSSR count). The number of H-pyrrole nitrogens is 1. The van der Waals surface area contributed by atoms with Gasteiger partial charge in [0, 0.05) is 12.6 Å². The molecule has 6 heteroatoms. The number of nitrogens with one attached hydrogen (secondary N) is 2. The highest BCUT2D eigenvalue weighted by Crippen LogP contribution is 2.13. The van der Waals surface area contributed by atoms with Crippen molar-refractivity contribution in [1.82, 2.24) is 25.4 Å². The molecule has 0 aromatic carbocycles. The van der Waals surface area contributed by atoms with Gasteiger partial charge in [0.2, 0.25) is 5.82 Å². The fourth-order valence-electron chi connectivity index (χ4n) is 2.25. The topological polar surface area (TPSA) is 73.9 Å². The zero-order valence-corrected chi connectivity index (χ0v) is 10.4. The number of rotatable bonds is 3. The number of aromatic nitrogens is 3. The monoisotopic (exact) mass is 237 g/mol. The SMILES string of the molecule is CCN(C(=O)c1n[nH]c(C)n1)C1CCNCC1. The third kappa shape index (κ3) is 2.63. The number of hydrogen-bond acceptors (Lipinski definition) is 4. The molecule has 0 spiro atoms. The quantitative estimate of drug-likeness (QED) is 0.794. The van der Waals surface area contributed by atoms with Gasteiger partial charge >= 0.3 is 0 Å². The molecular formula is C11H19N5O. The van der Waals surface area contributed by atoms with Gasteiger partial charge < -0.3 is 10.2 Å². The van der Waals surface area contributed by atoms with E-state index in [1.165, 1.54) is 0 Å². The number of piperidine rings is 1. The van der Waals surface area contributed by atoms with Crippen LogP contribution in [0, 0.1) is 6.92 Å². The lowest BCUT2D eigenvalue weighted by Gasteiger charge is -2.33. The molecule has 94 valence electrons. The van der Waals surface area contributed by atoms with Crippen LogP contribution in [0.5, 0.6) is 0 Å². The molecule has 0 saturated carbocycles. The summed E-state index contributed by atoms with van der Waals surface area (Å²) >= 11 is 0. The number of carbonyl (C=O) groups is 1. The van der Waals surface area contributed by atoms with Crippen molar-refractivity contribution in [3.05, 3.63) is 11.6 Å². The van der Waals surface area contributed by atoms with Crippen molar-refractivity contribution in [1.29, 1.82) is 0 Å². The van der Waals surface area contributed by atoms with E-state index in [2.05, 4.69) is 20.5 Å². The van der Waals surface area contributed by atoms with Gasteiger partial charge in [0.05, 0.1) is 0 Å². The Bertz CT molecular complexity index is 383. The Balaban J connectivity index is 2.09. The number of carbonyl (C=O) groups excluding carboxylic acids is 1. The number of aromatic amines is 1. The highest BCUT2D eigenvalue weighted by molar-refractivity contribution is 5.90. The Morgan fingerprint density at radius 3 is 2.71 bits per heavy atom. The molecule has 1 aromatic heterocycles. The van der Waals surface area contributed by atoms with E-state index in [9.17, 15) is 4.79 Å². The van der Waals surface area contributed by atoms with E-state index in [0.29, 0.717) is 18.4 Å². The molecule has 2 heterocycles. The standard InChI is InChI=1S/C11H19N5O/c1-3-16(9-4-6-12-7-5-9)11(17)10-13-8(2)14-15-10/h9,12H,3-7H2,1-2H3,(H,13,14,15). The molecule has 0 radical (unpaired) electrons. The predicted octanol–water partition coefficient (Wildman–Crippen LogP) is 0.327. The molecule has 1 aromatic rings. The first-order chi connectivity index (χ1) is 8.22. The molecule has 1 amide bonds. The molecular weight excluding hydrogens is 218 g/mol. The minimum absolute atomic E-state index is 0.0660. The first-order valence-electron chi connectivity index (χ1n) is 6.13. The third-order valence-corrected chi connectivity index (χ3v) is 3.14. The Morgan fingerprint density at radius 2 is 2.18 bits per heavy atom. The van der Waals surface area contributed by atoms with Crippen LogP contribution in [0.25, 0.3) is 0 Å². The maximum absolute atomic E-state index is 12.2. The van der Waals surface area contributed by atoms with E-state index in [-0.39, 0.29) is 11.7 Å². The molecule has 1 saturated heterocycles.